The molecular weight excluding hydrogens is 288 g/mol. The summed E-state index contributed by atoms with van der Waals surface area (Å²) < 4.78 is 28.3. The molecular formula is C17H17F2NO2. The van der Waals surface area contributed by atoms with E-state index in [2.05, 4.69) is 17.0 Å². The number of carbonyl (C=O) groups excluding carboxylic acids is 1. The Labute approximate surface area is 127 Å². The maximum atomic E-state index is 12.1. The molecule has 0 aliphatic carbocycles. The number of amides is 1. The predicted molar refractivity (Wildman–Crippen MR) is 81.5 cm³/mol. The summed E-state index contributed by atoms with van der Waals surface area (Å²) in [5.74, 6) is -0.276. The summed E-state index contributed by atoms with van der Waals surface area (Å²) in [6, 6.07) is 13.2. The van der Waals surface area contributed by atoms with E-state index in [1.165, 1.54) is 29.8 Å². The number of benzene rings is 2. The number of hydrogen-bond donors (Lipinski definition) is 1. The van der Waals surface area contributed by atoms with Crippen molar-refractivity contribution in [1.29, 1.82) is 0 Å². The van der Waals surface area contributed by atoms with Gasteiger partial charge in [-0.05, 0) is 48.4 Å². The van der Waals surface area contributed by atoms with Crippen LogP contribution in [0.15, 0.2) is 48.5 Å². The molecule has 2 aromatic carbocycles. The van der Waals surface area contributed by atoms with Crippen LogP contribution in [0, 0.1) is 0 Å². The second kappa shape index (κ2) is 7.54. The smallest absolute Gasteiger partial charge is 0.387 e. The van der Waals surface area contributed by atoms with E-state index < -0.39 is 6.61 Å². The molecule has 0 bridgehead atoms. The zero-order valence-corrected chi connectivity index (χ0v) is 12.2. The molecule has 0 unspecified atom stereocenters. The Morgan fingerprint density at radius 1 is 1.09 bits per heavy atom. The number of halogens is 2. The second-order valence-electron chi connectivity index (χ2n) is 4.80. The molecule has 0 saturated carbocycles. The summed E-state index contributed by atoms with van der Waals surface area (Å²) in [5.41, 5.74) is 2.28. The van der Waals surface area contributed by atoms with Crippen molar-refractivity contribution in [2.24, 2.45) is 0 Å². The average Bonchev–Trinajstić information content (AvgIpc) is 2.49. The number of aryl methyl sites for hydroxylation is 1. The lowest BCUT2D eigenvalue weighted by molar-refractivity contribution is -0.0498. The maximum Gasteiger partial charge on any atom is 0.387 e. The summed E-state index contributed by atoms with van der Waals surface area (Å²) in [4.78, 5) is 12.1. The van der Waals surface area contributed by atoms with Gasteiger partial charge in [-0.3, -0.25) is 4.79 Å². The van der Waals surface area contributed by atoms with Gasteiger partial charge in [0.2, 0.25) is 0 Å². The Morgan fingerprint density at radius 3 is 2.27 bits per heavy atom. The van der Waals surface area contributed by atoms with Crippen LogP contribution in [0.25, 0.3) is 0 Å². The Balaban J connectivity index is 1.99. The lowest BCUT2D eigenvalue weighted by Crippen LogP contribution is -2.12. The molecule has 0 spiro atoms. The standard InChI is InChI=1S/C17H17F2NO2/c1-2-3-12-4-8-14(9-5-12)20-16(21)13-6-10-15(11-7-13)22-17(18)19/h4-11,17H,2-3H2,1H3,(H,20,21). The molecule has 116 valence electrons. The monoisotopic (exact) mass is 305 g/mol. The van der Waals surface area contributed by atoms with E-state index >= 15 is 0 Å². The molecule has 2 rings (SSSR count). The fraction of sp³-hybridized carbons (Fsp3) is 0.235. The first-order valence-corrected chi connectivity index (χ1v) is 7.03. The molecule has 0 radical (unpaired) electrons. The first-order chi connectivity index (χ1) is 10.6. The molecule has 0 atom stereocenters. The summed E-state index contributed by atoms with van der Waals surface area (Å²) >= 11 is 0. The molecule has 5 heteroatoms. The highest BCUT2D eigenvalue weighted by atomic mass is 19.3. The minimum atomic E-state index is -2.87. The molecule has 1 amide bonds. The highest BCUT2D eigenvalue weighted by molar-refractivity contribution is 6.04. The van der Waals surface area contributed by atoms with Crippen molar-refractivity contribution in [2.45, 2.75) is 26.4 Å². The van der Waals surface area contributed by atoms with Crippen LogP contribution in [0.1, 0.15) is 29.3 Å². The fourth-order valence-corrected chi connectivity index (χ4v) is 2.03. The van der Waals surface area contributed by atoms with E-state index in [9.17, 15) is 13.6 Å². The molecule has 22 heavy (non-hydrogen) atoms. The van der Waals surface area contributed by atoms with Crippen molar-refractivity contribution >= 4 is 11.6 Å². The molecule has 1 N–H and O–H groups in total. The molecule has 0 fully saturated rings. The lowest BCUT2D eigenvalue weighted by Gasteiger charge is -2.08. The van der Waals surface area contributed by atoms with Gasteiger partial charge in [0.25, 0.3) is 5.91 Å². The Hall–Kier alpha value is -2.43. The van der Waals surface area contributed by atoms with E-state index in [-0.39, 0.29) is 11.7 Å². The van der Waals surface area contributed by atoms with Crippen LogP contribution < -0.4 is 10.1 Å². The first kappa shape index (κ1) is 15.9. The van der Waals surface area contributed by atoms with Gasteiger partial charge in [-0.15, -0.1) is 0 Å². The highest BCUT2D eigenvalue weighted by Crippen LogP contribution is 2.17. The van der Waals surface area contributed by atoms with Crippen molar-refractivity contribution in [2.75, 3.05) is 5.32 Å². The van der Waals surface area contributed by atoms with Gasteiger partial charge < -0.3 is 10.1 Å². The maximum absolute atomic E-state index is 12.1. The number of rotatable bonds is 6. The number of carbonyl (C=O) groups is 1. The van der Waals surface area contributed by atoms with E-state index in [0.717, 1.165) is 12.8 Å². The van der Waals surface area contributed by atoms with Gasteiger partial charge in [-0.2, -0.15) is 8.78 Å². The topological polar surface area (TPSA) is 38.3 Å². The normalized spacial score (nSPS) is 10.5. The van der Waals surface area contributed by atoms with Crippen molar-refractivity contribution < 1.29 is 18.3 Å². The molecule has 3 nitrogen and oxygen atoms in total. The van der Waals surface area contributed by atoms with Crippen LogP contribution >= 0.6 is 0 Å². The zero-order chi connectivity index (χ0) is 15.9. The van der Waals surface area contributed by atoms with Crippen LogP contribution in [0.2, 0.25) is 0 Å². The Morgan fingerprint density at radius 2 is 1.73 bits per heavy atom. The summed E-state index contributed by atoms with van der Waals surface area (Å²) in [5, 5.41) is 2.76. The third-order valence-electron chi connectivity index (χ3n) is 3.09. The number of hydrogen-bond acceptors (Lipinski definition) is 2. The van der Waals surface area contributed by atoms with Crippen LogP contribution in [0.4, 0.5) is 14.5 Å². The van der Waals surface area contributed by atoms with E-state index in [4.69, 9.17) is 0 Å². The van der Waals surface area contributed by atoms with Gasteiger partial charge in [0.1, 0.15) is 5.75 Å². The number of anilines is 1. The molecule has 0 saturated heterocycles. The van der Waals surface area contributed by atoms with Gasteiger partial charge in [-0.25, -0.2) is 0 Å². The highest BCUT2D eigenvalue weighted by Gasteiger charge is 2.08. The van der Waals surface area contributed by atoms with Gasteiger partial charge in [0.15, 0.2) is 0 Å². The van der Waals surface area contributed by atoms with Gasteiger partial charge in [0.05, 0.1) is 0 Å². The molecule has 0 heterocycles. The summed E-state index contributed by atoms with van der Waals surface area (Å²) in [6.07, 6.45) is 2.07. The van der Waals surface area contributed by atoms with E-state index in [1.54, 1.807) is 0 Å². The largest absolute Gasteiger partial charge is 0.435 e. The molecule has 0 aliphatic rings. The minimum absolute atomic E-state index is 0.0236. The van der Waals surface area contributed by atoms with Crippen LogP contribution in [0.5, 0.6) is 5.75 Å². The minimum Gasteiger partial charge on any atom is -0.435 e. The van der Waals surface area contributed by atoms with E-state index in [0.29, 0.717) is 11.3 Å². The van der Waals surface area contributed by atoms with Crippen LogP contribution in [-0.4, -0.2) is 12.5 Å². The first-order valence-electron chi connectivity index (χ1n) is 7.03. The fourth-order valence-electron chi connectivity index (χ4n) is 2.03. The number of alkyl halides is 2. The summed E-state index contributed by atoms with van der Waals surface area (Å²) in [6.45, 7) is -0.766. The van der Waals surface area contributed by atoms with Crippen molar-refractivity contribution in [3.63, 3.8) is 0 Å². The number of nitrogens with one attached hydrogen (secondary N) is 1. The van der Waals surface area contributed by atoms with Crippen LogP contribution in [0.3, 0.4) is 0 Å². The Kier molecular flexibility index (Phi) is 5.47. The van der Waals surface area contributed by atoms with Crippen LogP contribution in [-0.2, 0) is 6.42 Å². The molecule has 0 aliphatic heterocycles. The van der Waals surface area contributed by atoms with E-state index in [1.807, 2.05) is 24.3 Å². The van der Waals surface area contributed by atoms with Crippen molar-refractivity contribution in [3.05, 3.63) is 59.7 Å². The second-order valence-corrected chi connectivity index (χ2v) is 4.80. The van der Waals surface area contributed by atoms with Gasteiger partial charge >= 0.3 is 6.61 Å². The van der Waals surface area contributed by atoms with Gasteiger partial charge in [-0.1, -0.05) is 25.5 Å². The quantitative estimate of drug-likeness (QED) is 0.853. The number of ether oxygens (including phenoxy) is 1. The molecule has 0 aromatic heterocycles. The van der Waals surface area contributed by atoms with Gasteiger partial charge in [0, 0.05) is 11.3 Å². The lowest BCUT2D eigenvalue weighted by atomic mass is 10.1. The molecule has 2 aromatic rings. The SMILES string of the molecule is CCCc1ccc(NC(=O)c2ccc(OC(F)F)cc2)cc1. The summed E-state index contributed by atoms with van der Waals surface area (Å²) in [7, 11) is 0. The van der Waals surface area contributed by atoms with Crippen molar-refractivity contribution in [3.8, 4) is 5.75 Å². The average molecular weight is 305 g/mol. The third kappa shape index (κ3) is 4.55. The van der Waals surface area contributed by atoms with Crippen molar-refractivity contribution in [1.82, 2.24) is 0 Å². The Bertz CT molecular complexity index is 610. The zero-order valence-electron chi connectivity index (χ0n) is 12.2. The third-order valence-corrected chi connectivity index (χ3v) is 3.09. The predicted octanol–water partition coefficient (Wildman–Crippen LogP) is 4.49.